The Hall–Kier alpha value is -1.24. The normalized spacial score (nSPS) is 18.4. The van der Waals surface area contributed by atoms with Crippen LogP contribution in [0.1, 0.15) is 17.5 Å². The number of guanidine groups is 1. The topological polar surface area (TPSA) is 39.7 Å². The van der Waals surface area contributed by atoms with Crippen molar-refractivity contribution >= 4 is 29.9 Å². The molecule has 1 unspecified atom stereocenters. The van der Waals surface area contributed by atoms with E-state index in [9.17, 15) is 26.3 Å². The van der Waals surface area contributed by atoms with Gasteiger partial charge in [-0.25, -0.2) is 0 Å². The average Bonchev–Trinajstić information content (AvgIpc) is 3.03. The molecule has 0 aliphatic carbocycles. The lowest BCUT2D eigenvalue weighted by Crippen LogP contribution is -2.41. The van der Waals surface area contributed by atoms with Crippen LogP contribution in [0.25, 0.3) is 0 Å². The largest absolute Gasteiger partial charge is 0.416 e. The minimum Gasteiger partial charge on any atom is -0.356 e. The molecule has 11 heteroatoms. The second-order valence-electron chi connectivity index (χ2n) is 6.83. The number of alkyl halides is 6. The molecule has 0 bridgehead atoms. The third-order valence-electron chi connectivity index (χ3n) is 4.54. The summed E-state index contributed by atoms with van der Waals surface area (Å²) in [6.45, 7) is 0.898. The van der Waals surface area contributed by atoms with Crippen LogP contribution in [-0.4, -0.2) is 56.8 Å². The number of hydrogen-bond donors (Lipinski definition) is 2. The summed E-state index contributed by atoms with van der Waals surface area (Å²) in [5, 5.41) is 6.15. The molecule has 1 atom stereocenters. The average molecular weight is 538 g/mol. The van der Waals surface area contributed by atoms with Crippen LogP contribution in [0, 0.1) is 5.92 Å². The van der Waals surface area contributed by atoms with Crippen molar-refractivity contribution in [2.45, 2.75) is 25.2 Å². The molecule has 2 N–H and O–H groups in total. The van der Waals surface area contributed by atoms with Gasteiger partial charge in [0, 0.05) is 26.7 Å². The van der Waals surface area contributed by atoms with Crippen LogP contribution in [0.4, 0.5) is 26.3 Å². The summed E-state index contributed by atoms with van der Waals surface area (Å²) in [5.41, 5.74) is 0.0763. The second kappa shape index (κ2) is 11.2. The maximum Gasteiger partial charge on any atom is 0.416 e. The van der Waals surface area contributed by atoms with Crippen LogP contribution in [-0.2, 0) is 12.6 Å². The zero-order valence-electron chi connectivity index (χ0n) is 15.9. The van der Waals surface area contributed by atoms with Crippen LogP contribution in [0.3, 0.4) is 0 Å². The number of benzene rings is 1. The monoisotopic (exact) mass is 538 g/mol. The Kier molecular flexibility index (Phi) is 9.99. The van der Waals surface area contributed by atoms with Crippen LogP contribution < -0.4 is 10.6 Å². The van der Waals surface area contributed by atoms with Crippen LogP contribution >= 0.6 is 24.0 Å². The van der Waals surface area contributed by atoms with E-state index < -0.39 is 24.5 Å². The third kappa shape index (κ3) is 9.41. The quantitative estimate of drug-likeness (QED) is 0.250. The summed E-state index contributed by atoms with van der Waals surface area (Å²) in [6, 6.07) is 4.98. The van der Waals surface area contributed by atoms with E-state index in [1.54, 1.807) is 7.05 Å². The minimum atomic E-state index is -4.35. The van der Waals surface area contributed by atoms with Crippen molar-refractivity contribution in [2.75, 3.05) is 39.8 Å². The predicted octanol–water partition coefficient (Wildman–Crippen LogP) is 3.92. The second-order valence-corrected chi connectivity index (χ2v) is 6.83. The predicted molar refractivity (Wildman–Crippen MR) is 111 cm³/mol. The van der Waals surface area contributed by atoms with E-state index in [2.05, 4.69) is 15.6 Å². The van der Waals surface area contributed by atoms with Gasteiger partial charge in [0.2, 0.25) is 0 Å². The van der Waals surface area contributed by atoms with Gasteiger partial charge >= 0.3 is 12.4 Å². The first-order valence-corrected chi connectivity index (χ1v) is 8.96. The van der Waals surface area contributed by atoms with Crippen LogP contribution in [0.2, 0.25) is 0 Å². The number of nitrogens with one attached hydrogen (secondary N) is 2. The van der Waals surface area contributed by atoms with Crippen molar-refractivity contribution in [3.05, 3.63) is 35.4 Å². The smallest absolute Gasteiger partial charge is 0.356 e. The molecule has 1 aromatic carbocycles. The van der Waals surface area contributed by atoms with Gasteiger partial charge in [-0.3, -0.25) is 9.89 Å². The maximum absolute atomic E-state index is 12.5. The van der Waals surface area contributed by atoms with E-state index in [1.165, 1.54) is 17.0 Å². The van der Waals surface area contributed by atoms with Crippen molar-refractivity contribution in [1.82, 2.24) is 15.5 Å². The van der Waals surface area contributed by atoms with Crippen molar-refractivity contribution in [1.29, 1.82) is 0 Å². The summed E-state index contributed by atoms with van der Waals surface area (Å²) >= 11 is 0. The molecular weight excluding hydrogens is 513 g/mol. The van der Waals surface area contributed by atoms with Gasteiger partial charge in [-0.2, -0.15) is 26.3 Å². The number of hydrogen-bond acceptors (Lipinski definition) is 2. The number of halogens is 7. The fourth-order valence-electron chi connectivity index (χ4n) is 3.12. The zero-order chi connectivity index (χ0) is 20.8. The van der Waals surface area contributed by atoms with E-state index >= 15 is 0 Å². The Morgan fingerprint density at radius 2 is 1.76 bits per heavy atom. The summed E-state index contributed by atoms with van der Waals surface area (Å²) in [5.74, 6) is 0.622. The molecule has 1 aliphatic heterocycles. The molecule has 0 spiro atoms. The van der Waals surface area contributed by atoms with E-state index in [-0.39, 0.29) is 29.9 Å². The standard InChI is InChI=1S/C18H24F6N4.HI/c1-25-16(27-10-14-7-9-28(11-14)12-17(19,20)21)26-8-6-13-2-4-15(5-3-13)18(22,23)24;/h2-5,14H,6-12H2,1H3,(H2,25,26,27);1H. The van der Waals surface area contributed by atoms with E-state index in [0.29, 0.717) is 45.0 Å². The molecule has 0 radical (unpaired) electrons. The molecule has 0 aromatic heterocycles. The summed E-state index contributed by atoms with van der Waals surface area (Å²) in [4.78, 5) is 5.45. The first kappa shape index (κ1) is 25.8. The first-order chi connectivity index (χ1) is 13.1. The molecule has 4 nitrogen and oxygen atoms in total. The highest BCUT2D eigenvalue weighted by atomic mass is 127. The van der Waals surface area contributed by atoms with Crippen LogP contribution in [0.5, 0.6) is 0 Å². The molecule has 1 heterocycles. The van der Waals surface area contributed by atoms with E-state index in [4.69, 9.17) is 0 Å². The highest BCUT2D eigenvalue weighted by molar-refractivity contribution is 14.0. The summed E-state index contributed by atoms with van der Waals surface area (Å²) in [7, 11) is 1.58. The highest BCUT2D eigenvalue weighted by Crippen LogP contribution is 2.29. The maximum atomic E-state index is 12.5. The van der Waals surface area contributed by atoms with Gasteiger partial charge in [-0.05, 0) is 43.0 Å². The van der Waals surface area contributed by atoms with Gasteiger partial charge in [0.25, 0.3) is 0 Å². The van der Waals surface area contributed by atoms with Crippen molar-refractivity contribution in [3.8, 4) is 0 Å². The van der Waals surface area contributed by atoms with Gasteiger partial charge < -0.3 is 10.6 Å². The Balaban J connectivity index is 0.00000420. The number of likely N-dealkylation sites (tertiary alicyclic amines) is 1. The molecule has 1 aromatic rings. The van der Waals surface area contributed by atoms with Crippen molar-refractivity contribution in [3.63, 3.8) is 0 Å². The van der Waals surface area contributed by atoms with Gasteiger partial charge in [0.05, 0.1) is 12.1 Å². The lowest BCUT2D eigenvalue weighted by atomic mass is 10.1. The fraction of sp³-hybridized carbons (Fsp3) is 0.611. The molecule has 0 amide bonds. The van der Waals surface area contributed by atoms with Gasteiger partial charge in [-0.15, -0.1) is 24.0 Å². The minimum absolute atomic E-state index is 0. The Morgan fingerprint density at radius 3 is 2.31 bits per heavy atom. The van der Waals surface area contributed by atoms with Crippen molar-refractivity contribution in [2.24, 2.45) is 10.9 Å². The molecule has 166 valence electrons. The molecule has 2 rings (SSSR count). The lowest BCUT2D eigenvalue weighted by molar-refractivity contribution is -0.143. The fourth-order valence-corrected chi connectivity index (χ4v) is 3.12. The number of aliphatic imine (C=N–C) groups is 1. The van der Waals surface area contributed by atoms with Gasteiger partial charge in [0.15, 0.2) is 5.96 Å². The molecule has 1 fully saturated rings. The molecular formula is C18H25F6IN4. The van der Waals surface area contributed by atoms with E-state index in [0.717, 1.165) is 17.7 Å². The summed E-state index contributed by atoms with van der Waals surface area (Å²) in [6.07, 6.45) is -7.33. The zero-order valence-corrected chi connectivity index (χ0v) is 18.2. The SMILES string of the molecule is CN=C(NCCc1ccc(C(F)(F)F)cc1)NCC1CCN(CC(F)(F)F)C1.I. The molecule has 1 saturated heterocycles. The Morgan fingerprint density at radius 1 is 1.10 bits per heavy atom. The third-order valence-corrected chi connectivity index (χ3v) is 4.54. The van der Waals surface area contributed by atoms with E-state index in [1.807, 2.05) is 0 Å². The van der Waals surface area contributed by atoms with Crippen LogP contribution in [0.15, 0.2) is 29.3 Å². The Bertz CT molecular complexity index is 645. The Labute approximate surface area is 183 Å². The van der Waals surface area contributed by atoms with Gasteiger partial charge in [0.1, 0.15) is 0 Å². The molecule has 29 heavy (non-hydrogen) atoms. The number of nitrogens with zero attached hydrogens (tertiary/aromatic N) is 2. The molecule has 1 aliphatic rings. The highest BCUT2D eigenvalue weighted by Gasteiger charge is 2.34. The summed E-state index contributed by atoms with van der Waals surface area (Å²) < 4.78 is 74.9. The first-order valence-electron chi connectivity index (χ1n) is 8.96. The lowest BCUT2D eigenvalue weighted by Gasteiger charge is -2.18. The van der Waals surface area contributed by atoms with Gasteiger partial charge in [-0.1, -0.05) is 12.1 Å². The molecule has 0 saturated carbocycles. The van der Waals surface area contributed by atoms with Crippen molar-refractivity contribution < 1.29 is 26.3 Å². The number of rotatable bonds is 6.